The van der Waals surface area contributed by atoms with Crippen molar-refractivity contribution >= 4 is 5.91 Å². The Bertz CT molecular complexity index is 1000. The van der Waals surface area contributed by atoms with E-state index < -0.39 is 6.10 Å². The van der Waals surface area contributed by atoms with E-state index in [0.29, 0.717) is 34.4 Å². The van der Waals surface area contributed by atoms with Crippen LogP contribution in [0.25, 0.3) is 11.4 Å². The zero-order valence-electron chi connectivity index (χ0n) is 17.2. The topological polar surface area (TPSA) is 105 Å². The fourth-order valence-electron chi connectivity index (χ4n) is 2.66. The molecule has 1 heterocycles. The number of aromatic nitrogens is 2. The normalized spacial score (nSPS) is 11.5. The zero-order chi connectivity index (χ0) is 21.5. The van der Waals surface area contributed by atoms with Gasteiger partial charge in [-0.05, 0) is 31.2 Å². The van der Waals surface area contributed by atoms with Crippen molar-refractivity contribution in [1.82, 2.24) is 15.5 Å². The number of hydrogen-bond acceptors (Lipinski definition) is 8. The second kappa shape index (κ2) is 9.64. The van der Waals surface area contributed by atoms with Gasteiger partial charge in [-0.15, -0.1) is 0 Å². The molecule has 9 heteroatoms. The summed E-state index contributed by atoms with van der Waals surface area (Å²) in [5, 5.41) is 6.67. The summed E-state index contributed by atoms with van der Waals surface area (Å²) in [4.78, 5) is 16.6. The Morgan fingerprint density at radius 1 is 1.03 bits per heavy atom. The molecule has 0 spiro atoms. The van der Waals surface area contributed by atoms with E-state index in [4.69, 9.17) is 23.5 Å². The predicted octanol–water partition coefficient (Wildman–Crippen LogP) is 2.85. The standard InChI is InChI=1S/C21H23N3O6/c1-13(29-16-7-5-6-14(10-16)26-2)21(25)22-12-19-23-20(24-30-19)17-9-8-15(27-3)11-18(17)28-4/h5-11,13H,12H2,1-4H3,(H,22,25). The van der Waals surface area contributed by atoms with Gasteiger partial charge in [0.1, 0.15) is 23.0 Å². The first-order valence-electron chi connectivity index (χ1n) is 9.17. The van der Waals surface area contributed by atoms with Gasteiger partial charge in [-0.25, -0.2) is 0 Å². The lowest BCUT2D eigenvalue weighted by Crippen LogP contribution is -2.36. The number of hydrogen-bond donors (Lipinski definition) is 1. The van der Waals surface area contributed by atoms with E-state index in [1.807, 2.05) is 0 Å². The van der Waals surface area contributed by atoms with Crippen molar-refractivity contribution in [2.75, 3.05) is 21.3 Å². The van der Waals surface area contributed by atoms with Crippen LogP contribution in [0.3, 0.4) is 0 Å². The van der Waals surface area contributed by atoms with Gasteiger partial charge in [0.25, 0.3) is 5.91 Å². The number of ether oxygens (including phenoxy) is 4. The summed E-state index contributed by atoms with van der Waals surface area (Å²) < 4.78 is 26.6. The molecule has 0 aliphatic heterocycles. The number of carbonyl (C=O) groups excluding carboxylic acids is 1. The van der Waals surface area contributed by atoms with E-state index in [-0.39, 0.29) is 18.3 Å². The monoisotopic (exact) mass is 413 g/mol. The summed E-state index contributed by atoms with van der Waals surface area (Å²) in [6, 6.07) is 12.3. The van der Waals surface area contributed by atoms with Gasteiger partial charge in [0.2, 0.25) is 11.7 Å². The van der Waals surface area contributed by atoms with Gasteiger partial charge in [0.15, 0.2) is 6.10 Å². The van der Waals surface area contributed by atoms with Crippen molar-refractivity contribution in [1.29, 1.82) is 0 Å². The molecule has 1 N–H and O–H groups in total. The molecule has 30 heavy (non-hydrogen) atoms. The molecular formula is C21H23N3O6. The van der Waals surface area contributed by atoms with Crippen LogP contribution in [0, 0.1) is 0 Å². The molecule has 1 unspecified atom stereocenters. The maximum absolute atomic E-state index is 12.3. The van der Waals surface area contributed by atoms with Crippen molar-refractivity contribution < 1.29 is 28.3 Å². The minimum absolute atomic E-state index is 0.0656. The van der Waals surface area contributed by atoms with Crippen LogP contribution in [-0.2, 0) is 11.3 Å². The van der Waals surface area contributed by atoms with Crippen molar-refractivity contribution in [3.8, 4) is 34.4 Å². The van der Waals surface area contributed by atoms with Crippen molar-refractivity contribution in [2.45, 2.75) is 19.6 Å². The highest BCUT2D eigenvalue weighted by molar-refractivity contribution is 5.80. The van der Waals surface area contributed by atoms with E-state index in [1.54, 1.807) is 70.7 Å². The SMILES string of the molecule is COc1cccc(OC(C)C(=O)NCc2nc(-c3ccc(OC)cc3OC)no2)c1. The van der Waals surface area contributed by atoms with Crippen LogP contribution in [0.5, 0.6) is 23.0 Å². The van der Waals surface area contributed by atoms with Crippen LogP contribution >= 0.6 is 0 Å². The number of amides is 1. The lowest BCUT2D eigenvalue weighted by molar-refractivity contribution is -0.127. The first-order valence-corrected chi connectivity index (χ1v) is 9.17. The molecule has 3 rings (SSSR count). The number of nitrogens with zero attached hydrogens (tertiary/aromatic N) is 2. The third-order valence-electron chi connectivity index (χ3n) is 4.25. The molecular weight excluding hydrogens is 390 g/mol. The fraction of sp³-hybridized carbons (Fsp3) is 0.286. The number of rotatable bonds is 9. The summed E-state index contributed by atoms with van der Waals surface area (Å²) in [5.74, 6) is 2.66. The van der Waals surface area contributed by atoms with Gasteiger partial charge >= 0.3 is 0 Å². The summed E-state index contributed by atoms with van der Waals surface area (Å²) in [6.07, 6.45) is -0.721. The van der Waals surface area contributed by atoms with Crippen LogP contribution < -0.4 is 24.3 Å². The maximum Gasteiger partial charge on any atom is 0.261 e. The molecule has 0 fully saturated rings. The van der Waals surface area contributed by atoms with E-state index in [0.717, 1.165) is 0 Å². The van der Waals surface area contributed by atoms with Crippen molar-refractivity contribution in [3.05, 3.63) is 48.4 Å². The Labute approximate surface area is 173 Å². The molecule has 0 aliphatic rings. The Balaban J connectivity index is 1.60. The molecule has 0 bridgehead atoms. The predicted molar refractivity (Wildman–Crippen MR) is 108 cm³/mol. The van der Waals surface area contributed by atoms with Gasteiger partial charge < -0.3 is 28.8 Å². The average molecular weight is 413 g/mol. The van der Waals surface area contributed by atoms with Gasteiger partial charge in [-0.2, -0.15) is 4.98 Å². The fourth-order valence-corrected chi connectivity index (χ4v) is 2.66. The first-order chi connectivity index (χ1) is 14.5. The second-order valence-corrected chi connectivity index (χ2v) is 6.23. The zero-order valence-corrected chi connectivity index (χ0v) is 17.2. The molecule has 0 aliphatic carbocycles. The number of benzene rings is 2. The third kappa shape index (κ3) is 4.99. The molecule has 2 aromatic carbocycles. The molecule has 9 nitrogen and oxygen atoms in total. The lowest BCUT2D eigenvalue weighted by atomic mass is 10.2. The van der Waals surface area contributed by atoms with E-state index >= 15 is 0 Å². The van der Waals surface area contributed by atoms with Gasteiger partial charge in [-0.1, -0.05) is 11.2 Å². The number of methoxy groups -OCH3 is 3. The lowest BCUT2D eigenvalue weighted by Gasteiger charge is -2.14. The smallest absolute Gasteiger partial charge is 0.261 e. The van der Waals surface area contributed by atoms with E-state index in [2.05, 4.69) is 15.5 Å². The maximum atomic E-state index is 12.3. The Hall–Kier alpha value is -3.75. The molecule has 1 aromatic heterocycles. The third-order valence-corrected chi connectivity index (χ3v) is 4.25. The minimum Gasteiger partial charge on any atom is -0.497 e. The first kappa shape index (κ1) is 21.0. The number of carbonyl (C=O) groups is 1. The molecule has 1 amide bonds. The molecule has 3 aromatic rings. The van der Waals surface area contributed by atoms with Gasteiger partial charge in [0.05, 0.1) is 33.4 Å². The highest BCUT2D eigenvalue weighted by Crippen LogP contribution is 2.31. The Morgan fingerprint density at radius 2 is 1.77 bits per heavy atom. The second-order valence-electron chi connectivity index (χ2n) is 6.23. The Kier molecular flexibility index (Phi) is 6.74. The molecule has 1 atom stereocenters. The van der Waals surface area contributed by atoms with Crippen LogP contribution in [-0.4, -0.2) is 43.5 Å². The van der Waals surface area contributed by atoms with Crippen LogP contribution in [0.2, 0.25) is 0 Å². The molecule has 0 radical (unpaired) electrons. The average Bonchev–Trinajstić information content (AvgIpc) is 3.25. The minimum atomic E-state index is -0.721. The summed E-state index contributed by atoms with van der Waals surface area (Å²) >= 11 is 0. The molecule has 0 saturated carbocycles. The Morgan fingerprint density at radius 3 is 2.50 bits per heavy atom. The van der Waals surface area contributed by atoms with Gasteiger partial charge in [0, 0.05) is 12.1 Å². The highest BCUT2D eigenvalue weighted by atomic mass is 16.5. The number of nitrogens with one attached hydrogen (secondary N) is 1. The summed E-state index contributed by atoms with van der Waals surface area (Å²) in [7, 11) is 4.68. The molecule has 158 valence electrons. The van der Waals surface area contributed by atoms with Crippen LogP contribution in [0.4, 0.5) is 0 Å². The van der Waals surface area contributed by atoms with E-state index in [1.165, 1.54) is 0 Å². The van der Waals surface area contributed by atoms with Crippen molar-refractivity contribution in [2.24, 2.45) is 0 Å². The van der Waals surface area contributed by atoms with Crippen LogP contribution in [0.1, 0.15) is 12.8 Å². The van der Waals surface area contributed by atoms with Gasteiger partial charge in [-0.3, -0.25) is 4.79 Å². The summed E-state index contributed by atoms with van der Waals surface area (Å²) in [6.45, 7) is 1.71. The van der Waals surface area contributed by atoms with E-state index in [9.17, 15) is 4.79 Å². The van der Waals surface area contributed by atoms with Crippen molar-refractivity contribution in [3.63, 3.8) is 0 Å². The molecule has 0 saturated heterocycles. The quantitative estimate of drug-likeness (QED) is 0.571. The largest absolute Gasteiger partial charge is 0.497 e. The highest BCUT2D eigenvalue weighted by Gasteiger charge is 2.18. The summed E-state index contributed by atoms with van der Waals surface area (Å²) in [5.41, 5.74) is 0.648. The van der Waals surface area contributed by atoms with Crippen LogP contribution in [0.15, 0.2) is 47.0 Å².